The second-order valence-corrected chi connectivity index (χ2v) is 7.95. The van der Waals surface area contributed by atoms with Gasteiger partial charge in [-0.1, -0.05) is 30.3 Å². The third-order valence-corrected chi connectivity index (χ3v) is 5.94. The Balaban J connectivity index is 1.66. The predicted octanol–water partition coefficient (Wildman–Crippen LogP) is 4.00. The number of fused-ring (bicyclic) bond motifs is 1. The first-order chi connectivity index (χ1) is 14.6. The number of ether oxygens (including phenoxy) is 2. The lowest BCUT2D eigenvalue weighted by Crippen LogP contribution is -2.48. The van der Waals surface area contributed by atoms with Crippen LogP contribution in [0.4, 0.5) is 5.69 Å². The van der Waals surface area contributed by atoms with E-state index < -0.39 is 6.04 Å². The van der Waals surface area contributed by atoms with Crippen molar-refractivity contribution in [2.24, 2.45) is 0 Å². The SMILES string of the molecule is COCCc1nc(-c2ccc3c(c2)N(C(C)C(=O)c2ccccc2)C(=O)CO3)cs1. The molecule has 0 aliphatic carbocycles. The van der Waals surface area contributed by atoms with Gasteiger partial charge in [0.05, 0.1) is 29.0 Å². The number of carbonyl (C=O) groups is 2. The number of hydrogen-bond donors (Lipinski definition) is 0. The number of nitrogens with zero attached hydrogens (tertiary/aromatic N) is 2. The highest BCUT2D eigenvalue weighted by Gasteiger charge is 2.33. The van der Waals surface area contributed by atoms with Gasteiger partial charge in [0, 0.05) is 30.0 Å². The van der Waals surface area contributed by atoms with Crippen molar-refractivity contribution in [3.63, 3.8) is 0 Å². The Kier molecular flexibility index (Phi) is 5.92. The topological polar surface area (TPSA) is 68.7 Å². The number of thiazole rings is 1. The van der Waals surface area contributed by atoms with Crippen LogP contribution in [0.1, 0.15) is 22.3 Å². The summed E-state index contributed by atoms with van der Waals surface area (Å²) in [6, 6.07) is 14.0. The lowest BCUT2D eigenvalue weighted by Gasteiger charge is -2.33. The molecule has 4 rings (SSSR count). The van der Waals surface area contributed by atoms with E-state index in [1.165, 1.54) is 4.90 Å². The van der Waals surface area contributed by atoms with E-state index in [-0.39, 0.29) is 18.3 Å². The maximum Gasteiger partial charge on any atom is 0.265 e. The largest absolute Gasteiger partial charge is 0.482 e. The molecule has 3 aromatic rings. The first kappa shape index (κ1) is 20.3. The lowest BCUT2D eigenvalue weighted by atomic mass is 10.0. The number of hydrogen-bond acceptors (Lipinski definition) is 6. The van der Waals surface area contributed by atoms with Gasteiger partial charge >= 0.3 is 0 Å². The van der Waals surface area contributed by atoms with Crippen LogP contribution in [0.3, 0.4) is 0 Å². The smallest absolute Gasteiger partial charge is 0.265 e. The van der Waals surface area contributed by atoms with Gasteiger partial charge in [-0.25, -0.2) is 4.98 Å². The number of benzene rings is 2. The monoisotopic (exact) mass is 422 g/mol. The molecule has 0 fully saturated rings. The molecule has 0 N–H and O–H groups in total. The molecule has 1 aliphatic rings. The van der Waals surface area contributed by atoms with Gasteiger partial charge < -0.3 is 9.47 Å². The highest BCUT2D eigenvalue weighted by molar-refractivity contribution is 7.09. The minimum absolute atomic E-state index is 0.0867. The molecule has 2 heterocycles. The zero-order chi connectivity index (χ0) is 21.1. The highest BCUT2D eigenvalue weighted by atomic mass is 32.1. The van der Waals surface area contributed by atoms with E-state index in [9.17, 15) is 9.59 Å². The molecule has 1 atom stereocenters. The van der Waals surface area contributed by atoms with Crippen molar-refractivity contribution in [2.75, 3.05) is 25.2 Å². The second kappa shape index (κ2) is 8.77. The first-order valence-corrected chi connectivity index (χ1v) is 10.6. The van der Waals surface area contributed by atoms with Gasteiger partial charge in [0.2, 0.25) is 0 Å². The summed E-state index contributed by atoms with van der Waals surface area (Å²) in [4.78, 5) is 31.9. The summed E-state index contributed by atoms with van der Waals surface area (Å²) in [5, 5.41) is 2.97. The number of amides is 1. The molecule has 30 heavy (non-hydrogen) atoms. The maximum atomic E-state index is 13.0. The molecule has 1 aromatic heterocycles. The number of rotatable bonds is 7. The molecule has 7 heteroatoms. The Hall–Kier alpha value is -3.03. The maximum absolute atomic E-state index is 13.0. The van der Waals surface area contributed by atoms with Crippen LogP contribution in [0.5, 0.6) is 5.75 Å². The van der Waals surface area contributed by atoms with Gasteiger partial charge in [-0.15, -0.1) is 11.3 Å². The lowest BCUT2D eigenvalue weighted by molar-refractivity contribution is -0.121. The molecular formula is C23H22N2O4S. The van der Waals surface area contributed by atoms with Crippen LogP contribution in [-0.4, -0.2) is 43.0 Å². The summed E-state index contributed by atoms with van der Waals surface area (Å²) in [6.45, 7) is 2.28. The summed E-state index contributed by atoms with van der Waals surface area (Å²) in [5.74, 6) is 0.231. The van der Waals surface area contributed by atoms with Crippen molar-refractivity contribution in [1.29, 1.82) is 0 Å². The van der Waals surface area contributed by atoms with Crippen LogP contribution >= 0.6 is 11.3 Å². The molecule has 0 spiro atoms. The Morgan fingerprint density at radius 2 is 2.07 bits per heavy atom. The summed E-state index contributed by atoms with van der Waals surface area (Å²) in [6.07, 6.45) is 0.752. The minimum atomic E-state index is -0.648. The van der Waals surface area contributed by atoms with Gasteiger partial charge in [0.1, 0.15) is 5.75 Å². The molecule has 1 unspecified atom stereocenters. The van der Waals surface area contributed by atoms with E-state index in [1.54, 1.807) is 37.5 Å². The van der Waals surface area contributed by atoms with E-state index in [0.29, 0.717) is 23.6 Å². The highest BCUT2D eigenvalue weighted by Crippen LogP contribution is 2.37. The summed E-state index contributed by atoms with van der Waals surface area (Å²) in [5.41, 5.74) is 2.86. The standard InChI is InChI=1S/C23H22N2O4S/c1-15(23(27)16-6-4-3-5-7-16)25-19-12-17(8-9-20(19)29-13-22(25)26)18-14-30-21(24-18)10-11-28-2/h3-9,12,14-15H,10-11,13H2,1-2H3. The Bertz CT molecular complexity index is 1060. The van der Waals surface area contributed by atoms with Crippen molar-refractivity contribution in [1.82, 2.24) is 4.98 Å². The molecule has 1 aliphatic heterocycles. The van der Waals surface area contributed by atoms with E-state index in [2.05, 4.69) is 4.98 Å². The number of aromatic nitrogens is 1. The molecule has 1 amide bonds. The second-order valence-electron chi connectivity index (χ2n) is 7.01. The van der Waals surface area contributed by atoms with Gasteiger partial charge in [-0.3, -0.25) is 14.5 Å². The van der Waals surface area contributed by atoms with Crippen molar-refractivity contribution in [3.05, 3.63) is 64.5 Å². The minimum Gasteiger partial charge on any atom is -0.482 e. The van der Waals surface area contributed by atoms with Crippen LogP contribution < -0.4 is 9.64 Å². The fourth-order valence-electron chi connectivity index (χ4n) is 3.46. The molecule has 2 aromatic carbocycles. The fraction of sp³-hybridized carbons (Fsp3) is 0.261. The van der Waals surface area contributed by atoms with Crippen LogP contribution in [0.2, 0.25) is 0 Å². The number of Topliss-reactive ketones (excluding diaryl/α,β-unsaturated/α-hetero) is 1. The van der Waals surface area contributed by atoms with Crippen LogP contribution in [-0.2, 0) is 16.0 Å². The third kappa shape index (κ3) is 3.99. The van der Waals surface area contributed by atoms with Gasteiger partial charge in [0.25, 0.3) is 5.91 Å². The van der Waals surface area contributed by atoms with Crippen molar-refractivity contribution in [2.45, 2.75) is 19.4 Å². The number of ketones is 1. The van der Waals surface area contributed by atoms with Crippen LogP contribution in [0.25, 0.3) is 11.3 Å². The van der Waals surface area contributed by atoms with Gasteiger partial charge in [-0.2, -0.15) is 0 Å². The average molecular weight is 423 g/mol. The number of anilines is 1. The normalized spacial score (nSPS) is 14.2. The zero-order valence-corrected chi connectivity index (χ0v) is 17.6. The quantitative estimate of drug-likeness (QED) is 0.539. The van der Waals surface area contributed by atoms with Crippen molar-refractivity contribution >= 4 is 28.7 Å². The molecule has 0 saturated heterocycles. The molecular weight excluding hydrogens is 400 g/mol. The third-order valence-electron chi connectivity index (χ3n) is 5.03. The Morgan fingerprint density at radius 1 is 1.27 bits per heavy atom. The Morgan fingerprint density at radius 3 is 2.83 bits per heavy atom. The van der Waals surface area contributed by atoms with Gasteiger partial charge in [-0.05, 0) is 25.1 Å². The van der Waals surface area contributed by atoms with Crippen molar-refractivity contribution < 1.29 is 19.1 Å². The zero-order valence-electron chi connectivity index (χ0n) is 16.8. The molecule has 6 nitrogen and oxygen atoms in total. The number of carbonyl (C=O) groups excluding carboxylic acids is 2. The molecule has 0 radical (unpaired) electrons. The van der Waals surface area contributed by atoms with Crippen LogP contribution in [0, 0.1) is 0 Å². The van der Waals surface area contributed by atoms with E-state index >= 15 is 0 Å². The van der Waals surface area contributed by atoms with E-state index in [1.807, 2.05) is 41.8 Å². The van der Waals surface area contributed by atoms with E-state index in [4.69, 9.17) is 9.47 Å². The molecule has 0 saturated carbocycles. The average Bonchev–Trinajstić information content (AvgIpc) is 3.26. The van der Waals surface area contributed by atoms with Crippen LogP contribution in [0.15, 0.2) is 53.9 Å². The summed E-state index contributed by atoms with van der Waals surface area (Å²) < 4.78 is 10.7. The molecule has 0 bridgehead atoms. The fourth-order valence-corrected chi connectivity index (χ4v) is 4.25. The van der Waals surface area contributed by atoms with Crippen molar-refractivity contribution in [3.8, 4) is 17.0 Å². The Labute approximate surface area is 179 Å². The summed E-state index contributed by atoms with van der Waals surface area (Å²) in [7, 11) is 1.67. The first-order valence-electron chi connectivity index (χ1n) is 9.70. The predicted molar refractivity (Wildman–Crippen MR) is 116 cm³/mol. The molecule has 154 valence electrons. The van der Waals surface area contributed by atoms with Gasteiger partial charge in [0.15, 0.2) is 12.4 Å². The number of methoxy groups -OCH3 is 1. The summed E-state index contributed by atoms with van der Waals surface area (Å²) >= 11 is 1.57. The van der Waals surface area contributed by atoms with E-state index in [0.717, 1.165) is 22.7 Å².